The third kappa shape index (κ3) is 4.68. The predicted molar refractivity (Wildman–Crippen MR) is 85.6 cm³/mol. The van der Waals surface area contributed by atoms with Crippen molar-refractivity contribution in [3.8, 4) is 5.75 Å². The summed E-state index contributed by atoms with van der Waals surface area (Å²) in [6.45, 7) is 3.96. The fraction of sp³-hybridized carbons (Fsp3) is 0.647. The van der Waals surface area contributed by atoms with Crippen LogP contribution in [0.5, 0.6) is 5.75 Å². The van der Waals surface area contributed by atoms with E-state index in [2.05, 4.69) is 18.3 Å². The molecular weight excluding hydrogens is 270 g/mol. The van der Waals surface area contributed by atoms with Crippen molar-refractivity contribution in [2.45, 2.75) is 64.5 Å². The largest absolute Gasteiger partial charge is 0.490 e. The molecule has 0 saturated heterocycles. The summed E-state index contributed by atoms with van der Waals surface area (Å²) in [6.07, 6.45) is 9.11. The van der Waals surface area contributed by atoms with Gasteiger partial charge in [0.05, 0.1) is 6.10 Å². The van der Waals surface area contributed by atoms with Gasteiger partial charge in [0.15, 0.2) is 0 Å². The molecule has 0 radical (unpaired) electrons. The Bertz CT molecular complexity index is 400. The molecule has 1 saturated carbocycles. The van der Waals surface area contributed by atoms with Crippen LogP contribution in [0.25, 0.3) is 0 Å². The number of halogens is 1. The summed E-state index contributed by atoms with van der Waals surface area (Å²) in [4.78, 5) is 0. The highest BCUT2D eigenvalue weighted by Gasteiger charge is 2.16. The van der Waals surface area contributed by atoms with Crippen molar-refractivity contribution < 1.29 is 4.74 Å². The maximum absolute atomic E-state index is 6.34. The van der Waals surface area contributed by atoms with Gasteiger partial charge in [-0.25, -0.2) is 0 Å². The first kappa shape index (κ1) is 15.7. The van der Waals surface area contributed by atoms with Crippen LogP contribution in [-0.2, 0) is 6.54 Å². The molecule has 3 heteroatoms. The van der Waals surface area contributed by atoms with Crippen molar-refractivity contribution in [2.75, 3.05) is 6.54 Å². The lowest BCUT2D eigenvalue weighted by atomic mass is 10.1. The summed E-state index contributed by atoms with van der Waals surface area (Å²) in [5.41, 5.74) is 1.10. The fourth-order valence-corrected chi connectivity index (χ4v) is 2.98. The van der Waals surface area contributed by atoms with Gasteiger partial charge >= 0.3 is 0 Å². The van der Waals surface area contributed by atoms with Gasteiger partial charge in [0, 0.05) is 17.1 Å². The Morgan fingerprint density at radius 3 is 2.65 bits per heavy atom. The first-order valence-electron chi connectivity index (χ1n) is 7.96. The van der Waals surface area contributed by atoms with Crippen molar-refractivity contribution in [1.82, 2.24) is 5.32 Å². The molecule has 1 aliphatic carbocycles. The normalized spacial score (nSPS) is 16.9. The number of nitrogens with one attached hydrogen (secondary N) is 1. The average Bonchev–Trinajstić information content (AvgIpc) is 2.71. The highest BCUT2D eigenvalue weighted by Crippen LogP contribution is 2.29. The van der Waals surface area contributed by atoms with Gasteiger partial charge in [-0.3, -0.25) is 0 Å². The number of benzene rings is 1. The van der Waals surface area contributed by atoms with Crippen molar-refractivity contribution in [2.24, 2.45) is 0 Å². The summed E-state index contributed by atoms with van der Waals surface area (Å²) < 4.78 is 6.25. The molecule has 0 aromatic heterocycles. The topological polar surface area (TPSA) is 21.3 Å². The van der Waals surface area contributed by atoms with Crippen LogP contribution < -0.4 is 10.1 Å². The van der Waals surface area contributed by atoms with E-state index in [4.69, 9.17) is 16.3 Å². The zero-order valence-electron chi connectivity index (χ0n) is 12.5. The standard InChI is InChI=1S/C17H26ClNO/c1-2-12-19-13-15-16(18)10-7-11-17(15)20-14-8-5-3-4-6-9-14/h7,10-11,14,19H,2-6,8-9,12-13H2,1H3. The second-order valence-electron chi connectivity index (χ2n) is 5.62. The van der Waals surface area contributed by atoms with Crippen molar-refractivity contribution in [3.63, 3.8) is 0 Å². The SMILES string of the molecule is CCCNCc1c(Cl)cccc1OC1CCCCCC1. The van der Waals surface area contributed by atoms with Crippen LogP contribution in [0.2, 0.25) is 5.02 Å². The quantitative estimate of drug-likeness (QED) is 0.593. The minimum absolute atomic E-state index is 0.362. The Kier molecular flexibility index (Phi) is 6.68. The van der Waals surface area contributed by atoms with Gasteiger partial charge in [0.1, 0.15) is 5.75 Å². The lowest BCUT2D eigenvalue weighted by molar-refractivity contribution is 0.181. The summed E-state index contributed by atoms with van der Waals surface area (Å²) in [7, 11) is 0. The molecule has 1 N–H and O–H groups in total. The second kappa shape index (κ2) is 8.53. The number of hydrogen-bond acceptors (Lipinski definition) is 2. The molecule has 20 heavy (non-hydrogen) atoms. The summed E-state index contributed by atoms with van der Waals surface area (Å²) in [5.74, 6) is 0.966. The van der Waals surface area contributed by atoms with Gasteiger partial charge in [-0.1, -0.05) is 37.4 Å². The fourth-order valence-electron chi connectivity index (χ4n) is 2.75. The Hall–Kier alpha value is -0.730. The van der Waals surface area contributed by atoms with Crippen molar-refractivity contribution in [1.29, 1.82) is 0 Å². The average molecular weight is 296 g/mol. The highest BCUT2D eigenvalue weighted by atomic mass is 35.5. The first-order valence-corrected chi connectivity index (χ1v) is 8.34. The first-order chi connectivity index (χ1) is 9.81. The van der Waals surface area contributed by atoms with E-state index in [0.717, 1.165) is 35.8 Å². The van der Waals surface area contributed by atoms with E-state index in [1.807, 2.05) is 12.1 Å². The van der Waals surface area contributed by atoms with Gasteiger partial charge in [0.25, 0.3) is 0 Å². The number of hydrogen-bond donors (Lipinski definition) is 1. The lowest BCUT2D eigenvalue weighted by Crippen LogP contribution is -2.19. The Morgan fingerprint density at radius 2 is 1.95 bits per heavy atom. The molecule has 2 rings (SSSR count). The monoisotopic (exact) mass is 295 g/mol. The van der Waals surface area contributed by atoms with Crippen molar-refractivity contribution >= 4 is 11.6 Å². The van der Waals surface area contributed by atoms with Gasteiger partial charge in [-0.2, -0.15) is 0 Å². The maximum Gasteiger partial charge on any atom is 0.125 e. The zero-order valence-corrected chi connectivity index (χ0v) is 13.2. The Labute approximate surface area is 127 Å². The lowest BCUT2D eigenvalue weighted by Gasteiger charge is -2.20. The van der Waals surface area contributed by atoms with Crippen LogP contribution in [0.1, 0.15) is 57.4 Å². The van der Waals surface area contributed by atoms with Crippen LogP contribution >= 0.6 is 11.6 Å². The summed E-state index contributed by atoms with van der Waals surface area (Å²) >= 11 is 6.34. The second-order valence-corrected chi connectivity index (χ2v) is 6.03. The van der Waals surface area contributed by atoms with E-state index in [1.165, 1.54) is 38.5 Å². The summed E-state index contributed by atoms with van der Waals surface area (Å²) in [5, 5.41) is 4.22. The molecule has 112 valence electrons. The van der Waals surface area contributed by atoms with E-state index >= 15 is 0 Å². The van der Waals surface area contributed by atoms with Crippen LogP contribution in [0.4, 0.5) is 0 Å². The van der Waals surface area contributed by atoms with Crippen molar-refractivity contribution in [3.05, 3.63) is 28.8 Å². The van der Waals surface area contributed by atoms with Crippen LogP contribution in [0, 0.1) is 0 Å². The molecule has 1 fully saturated rings. The number of rotatable bonds is 6. The molecule has 0 amide bonds. The molecule has 1 aliphatic rings. The molecular formula is C17H26ClNO. The van der Waals surface area contributed by atoms with Gasteiger partial charge in [0.2, 0.25) is 0 Å². The molecule has 0 unspecified atom stereocenters. The number of ether oxygens (including phenoxy) is 1. The smallest absolute Gasteiger partial charge is 0.125 e. The molecule has 0 atom stereocenters. The molecule has 0 bridgehead atoms. The van der Waals surface area contributed by atoms with Gasteiger partial charge < -0.3 is 10.1 Å². The third-order valence-corrected chi connectivity index (χ3v) is 4.25. The van der Waals surface area contributed by atoms with E-state index in [9.17, 15) is 0 Å². The van der Waals surface area contributed by atoms with Crippen LogP contribution in [-0.4, -0.2) is 12.6 Å². The van der Waals surface area contributed by atoms with E-state index in [-0.39, 0.29) is 0 Å². The Morgan fingerprint density at radius 1 is 1.20 bits per heavy atom. The predicted octanol–water partition coefficient (Wildman–Crippen LogP) is 4.94. The van der Waals surface area contributed by atoms with E-state index in [1.54, 1.807) is 0 Å². The Balaban J connectivity index is 2.03. The molecule has 0 heterocycles. The molecule has 1 aromatic carbocycles. The van der Waals surface area contributed by atoms with Crippen LogP contribution in [0.15, 0.2) is 18.2 Å². The third-order valence-electron chi connectivity index (χ3n) is 3.90. The van der Waals surface area contributed by atoms with E-state index < -0.39 is 0 Å². The molecule has 2 nitrogen and oxygen atoms in total. The van der Waals surface area contributed by atoms with E-state index in [0.29, 0.717) is 6.10 Å². The molecule has 1 aromatic rings. The molecule has 0 aliphatic heterocycles. The molecule has 0 spiro atoms. The summed E-state index contributed by atoms with van der Waals surface area (Å²) in [6, 6.07) is 5.99. The minimum atomic E-state index is 0.362. The van der Waals surface area contributed by atoms with Gasteiger partial charge in [-0.05, 0) is 50.8 Å². The van der Waals surface area contributed by atoms with Gasteiger partial charge in [-0.15, -0.1) is 0 Å². The minimum Gasteiger partial charge on any atom is -0.490 e. The maximum atomic E-state index is 6.34. The van der Waals surface area contributed by atoms with Crippen LogP contribution in [0.3, 0.4) is 0 Å². The highest BCUT2D eigenvalue weighted by molar-refractivity contribution is 6.31. The zero-order chi connectivity index (χ0) is 14.2.